The summed E-state index contributed by atoms with van der Waals surface area (Å²) in [5, 5.41) is 4.03. The van der Waals surface area contributed by atoms with Crippen LogP contribution < -0.4 is 0 Å². The van der Waals surface area contributed by atoms with Gasteiger partial charge >= 0.3 is 0 Å². The van der Waals surface area contributed by atoms with Crippen LogP contribution >= 0.6 is 0 Å². The number of pyridine rings is 1. The molecule has 1 atom stereocenters. The number of sulfonamides is 1. The Balaban J connectivity index is 1.54. The molecule has 0 radical (unpaired) electrons. The average Bonchev–Trinajstić information content (AvgIpc) is 3.33. The maximum absolute atomic E-state index is 12.9. The van der Waals surface area contributed by atoms with Gasteiger partial charge in [0, 0.05) is 37.0 Å². The number of nitrogens with zero attached hydrogens (tertiary/aromatic N) is 4. The highest BCUT2D eigenvalue weighted by Gasteiger charge is 2.36. The third-order valence-corrected chi connectivity index (χ3v) is 6.41. The number of hydrogen-bond donors (Lipinski definition) is 0. The standard InChI is InChI=1S/C18H18N4O3S/c23-26(24,16-9-4-10-19-13-16)22-11-5-8-15(22)12-17-20-18(25-21-17)14-6-2-1-3-7-14/h1-4,6-7,9-10,13,15H,5,8,11-12H2. The smallest absolute Gasteiger partial charge is 0.257 e. The van der Waals surface area contributed by atoms with Crippen LogP contribution in [0, 0.1) is 0 Å². The molecule has 26 heavy (non-hydrogen) atoms. The molecule has 134 valence electrons. The van der Waals surface area contributed by atoms with Gasteiger partial charge in [-0.25, -0.2) is 8.42 Å². The lowest BCUT2D eigenvalue weighted by molar-refractivity contribution is 0.370. The van der Waals surface area contributed by atoms with Crippen molar-refractivity contribution < 1.29 is 12.9 Å². The minimum absolute atomic E-state index is 0.179. The largest absolute Gasteiger partial charge is 0.334 e. The van der Waals surface area contributed by atoms with Crippen LogP contribution in [-0.2, 0) is 16.4 Å². The first-order valence-electron chi connectivity index (χ1n) is 8.44. The summed E-state index contributed by atoms with van der Waals surface area (Å²) in [6.07, 6.45) is 4.95. The minimum atomic E-state index is -3.57. The Morgan fingerprint density at radius 3 is 2.77 bits per heavy atom. The first-order valence-corrected chi connectivity index (χ1v) is 9.88. The van der Waals surface area contributed by atoms with Crippen molar-refractivity contribution in [1.29, 1.82) is 0 Å². The lowest BCUT2D eigenvalue weighted by Crippen LogP contribution is -2.37. The van der Waals surface area contributed by atoms with E-state index in [9.17, 15) is 8.42 Å². The summed E-state index contributed by atoms with van der Waals surface area (Å²) in [4.78, 5) is 8.56. The summed E-state index contributed by atoms with van der Waals surface area (Å²) >= 11 is 0. The van der Waals surface area contributed by atoms with Crippen LogP contribution in [0.3, 0.4) is 0 Å². The van der Waals surface area contributed by atoms with E-state index in [0.29, 0.717) is 24.7 Å². The molecule has 1 fully saturated rings. The molecule has 0 spiro atoms. The first kappa shape index (κ1) is 16.9. The Morgan fingerprint density at radius 2 is 2.00 bits per heavy atom. The highest BCUT2D eigenvalue weighted by atomic mass is 32.2. The fourth-order valence-electron chi connectivity index (χ4n) is 3.21. The highest BCUT2D eigenvalue weighted by Crippen LogP contribution is 2.28. The third kappa shape index (κ3) is 3.25. The van der Waals surface area contributed by atoms with Crippen molar-refractivity contribution in [2.45, 2.75) is 30.2 Å². The van der Waals surface area contributed by atoms with Crippen LogP contribution in [0.5, 0.6) is 0 Å². The zero-order valence-corrected chi connectivity index (χ0v) is 14.8. The van der Waals surface area contributed by atoms with Crippen LogP contribution in [0.25, 0.3) is 11.5 Å². The highest BCUT2D eigenvalue weighted by molar-refractivity contribution is 7.89. The third-order valence-electron chi connectivity index (χ3n) is 4.47. The van der Waals surface area contributed by atoms with E-state index in [2.05, 4.69) is 15.1 Å². The molecule has 3 heterocycles. The van der Waals surface area contributed by atoms with Crippen LogP contribution in [0.1, 0.15) is 18.7 Å². The zero-order valence-electron chi connectivity index (χ0n) is 14.0. The second-order valence-corrected chi connectivity index (χ2v) is 8.08. The fourth-order valence-corrected chi connectivity index (χ4v) is 4.87. The number of aromatic nitrogens is 3. The Morgan fingerprint density at radius 1 is 1.15 bits per heavy atom. The molecule has 0 aliphatic carbocycles. The Labute approximate surface area is 151 Å². The summed E-state index contributed by atoms with van der Waals surface area (Å²) in [7, 11) is -3.57. The van der Waals surface area contributed by atoms with E-state index in [4.69, 9.17) is 4.52 Å². The molecular weight excluding hydrogens is 352 g/mol. The van der Waals surface area contributed by atoms with E-state index in [0.717, 1.165) is 18.4 Å². The van der Waals surface area contributed by atoms with Gasteiger partial charge in [-0.1, -0.05) is 23.4 Å². The van der Waals surface area contributed by atoms with Gasteiger partial charge in [0.25, 0.3) is 5.89 Å². The van der Waals surface area contributed by atoms with Gasteiger partial charge in [0.1, 0.15) is 4.90 Å². The summed E-state index contributed by atoms with van der Waals surface area (Å²) in [5.41, 5.74) is 0.845. The van der Waals surface area contributed by atoms with Gasteiger partial charge in [-0.05, 0) is 37.1 Å². The molecule has 0 amide bonds. The van der Waals surface area contributed by atoms with E-state index in [1.165, 1.54) is 10.5 Å². The summed E-state index contributed by atoms with van der Waals surface area (Å²) in [6, 6.07) is 12.5. The predicted molar refractivity (Wildman–Crippen MR) is 94.6 cm³/mol. The summed E-state index contributed by atoms with van der Waals surface area (Å²) in [5.74, 6) is 0.961. The second-order valence-electron chi connectivity index (χ2n) is 6.19. The van der Waals surface area contributed by atoms with Crippen LogP contribution in [0.4, 0.5) is 0 Å². The monoisotopic (exact) mass is 370 g/mol. The minimum Gasteiger partial charge on any atom is -0.334 e. The van der Waals surface area contributed by atoms with Crippen molar-refractivity contribution in [3.8, 4) is 11.5 Å². The molecule has 1 aliphatic rings. The van der Waals surface area contributed by atoms with Crippen molar-refractivity contribution >= 4 is 10.0 Å². The second kappa shape index (κ2) is 6.97. The normalized spacial score (nSPS) is 18.2. The molecule has 7 nitrogen and oxygen atoms in total. The lowest BCUT2D eigenvalue weighted by Gasteiger charge is -2.22. The lowest BCUT2D eigenvalue weighted by atomic mass is 10.1. The van der Waals surface area contributed by atoms with Gasteiger partial charge in [0.15, 0.2) is 5.82 Å². The number of rotatable bonds is 5. The molecule has 0 bridgehead atoms. The molecule has 2 aromatic heterocycles. The molecule has 4 rings (SSSR count). The van der Waals surface area contributed by atoms with Gasteiger partial charge in [0.2, 0.25) is 10.0 Å². The predicted octanol–water partition coefficient (Wildman–Crippen LogP) is 2.53. The molecule has 1 saturated heterocycles. The summed E-state index contributed by atoms with van der Waals surface area (Å²) < 4.78 is 32.6. The van der Waals surface area contributed by atoms with Crippen molar-refractivity contribution in [3.63, 3.8) is 0 Å². The Bertz CT molecular complexity index is 974. The van der Waals surface area contributed by atoms with Crippen LogP contribution in [0.2, 0.25) is 0 Å². The van der Waals surface area contributed by atoms with Gasteiger partial charge in [-0.15, -0.1) is 0 Å². The van der Waals surface area contributed by atoms with E-state index in [-0.39, 0.29) is 10.9 Å². The van der Waals surface area contributed by atoms with E-state index >= 15 is 0 Å². The number of benzene rings is 1. The average molecular weight is 370 g/mol. The first-order chi connectivity index (χ1) is 12.6. The SMILES string of the molecule is O=S(=O)(c1cccnc1)N1CCCC1Cc1noc(-c2ccccc2)n1. The van der Waals surface area contributed by atoms with Gasteiger partial charge in [0.05, 0.1) is 0 Å². The van der Waals surface area contributed by atoms with Crippen molar-refractivity contribution in [2.24, 2.45) is 0 Å². The number of hydrogen-bond acceptors (Lipinski definition) is 6. The van der Waals surface area contributed by atoms with E-state index < -0.39 is 10.0 Å². The maximum atomic E-state index is 12.9. The molecule has 8 heteroatoms. The molecule has 1 unspecified atom stereocenters. The van der Waals surface area contributed by atoms with Crippen molar-refractivity contribution in [1.82, 2.24) is 19.4 Å². The van der Waals surface area contributed by atoms with Crippen LogP contribution in [-0.4, -0.2) is 40.4 Å². The zero-order chi connectivity index (χ0) is 18.0. The maximum Gasteiger partial charge on any atom is 0.257 e. The van der Waals surface area contributed by atoms with E-state index in [1.54, 1.807) is 18.3 Å². The summed E-state index contributed by atoms with van der Waals surface area (Å²) in [6.45, 7) is 0.491. The van der Waals surface area contributed by atoms with Gasteiger partial charge in [-0.2, -0.15) is 9.29 Å². The quantitative estimate of drug-likeness (QED) is 0.686. The van der Waals surface area contributed by atoms with Crippen molar-refractivity contribution in [3.05, 3.63) is 60.7 Å². The van der Waals surface area contributed by atoms with Crippen LogP contribution in [0.15, 0.2) is 64.3 Å². The molecule has 0 N–H and O–H groups in total. The van der Waals surface area contributed by atoms with E-state index in [1.807, 2.05) is 30.3 Å². The molecule has 0 saturated carbocycles. The molecule has 1 aliphatic heterocycles. The van der Waals surface area contributed by atoms with Gasteiger partial charge in [-0.3, -0.25) is 4.98 Å². The topological polar surface area (TPSA) is 89.2 Å². The Kier molecular flexibility index (Phi) is 4.52. The Hall–Kier alpha value is -2.58. The van der Waals surface area contributed by atoms with Gasteiger partial charge < -0.3 is 4.52 Å². The molecule has 3 aromatic rings. The fraction of sp³-hybridized carbons (Fsp3) is 0.278. The molecular formula is C18H18N4O3S. The molecule has 1 aromatic carbocycles. The van der Waals surface area contributed by atoms with Crippen molar-refractivity contribution in [2.75, 3.05) is 6.54 Å².